The number of aryl methyl sites for hydroxylation is 1. The number of nitrogens with one attached hydrogen (secondary N) is 1. The summed E-state index contributed by atoms with van der Waals surface area (Å²) in [5.74, 6) is 0.901. The predicted octanol–water partition coefficient (Wildman–Crippen LogP) is 3.97. The van der Waals surface area contributed by atoms with Crippen molar-refractivity contribution in [3.8, 4) is 5.75 Å². The van der Waals surface area contributed by atoms with E-state index in [-0.39, 0.29) is 0 Å². The topological polar surface area (TPSA) is 34.2 Å². The molecule has 1 rings (SSSR count). The van der Waals surface area contributed by atoms with Crippen LogP contribution in [-0.2, 0) is 6.42 Å². The summed E-state index contributed by atoms with van der Waals surface area (Å²) in [4.78, 5) is 4.28. The average molecular weight is 278 g/mol. The highest BCUT2D eigenvalue weighted by Gasteiger charge is 2.07. The minimum Gasteiger partial charge on any atom is -0.492 e. The Labute approximate surface area is 124 Å². The lowest BCUT2D eigenvalue weighted by molar-refractivity contribution is 0.315. The maximum atomic E-state index is 5.64. The van der Waals surface area contributed by atoms with Crippen LogP contribution in [0.15, 0.2) is 18.5 Å². The van der Waals surface area contributed by atoms with Crippen LogP contribution in [0.3, 0.4) is 0 Å². The van der Waals surface area contributed by atoms with Gasteiger partial charge in [0.05, 0.1) is 12.8 Å². The van der Waals surface area contributed by atoms with E-state index in [1.54, 1.807) is 6.20 Å². The van der Waals surface area contributed by atoms with E-state index in [0.717, 1.165) is 31.7 Å². The lowest BCUT2D eigenvalue weighted by Crippen LogP contribution is -2.30. The molecule has 1 heterocycles. The van der Waals surface area contributed by atoms with Crippen LogP contribution >= 0.6 is 0 Å². The number of aromatic nitrogens is 1. The van der Waals surface area contributed by atoms with E-state index in [4.69, 9.17) is 4.74 Å². The highest BCUT2D eigenvalue weighted by molar-refractivity contribution is 5.23. The number of nitrogens with zero attached hydrogens (tertiary/aromatic N) is 1. The van der Waals surface area contributed by atoms with Gasteiger partial charge in [-0.05, 0) is 50.3 Å². The summed E-state index contributed by atoms with van der Waals surface area (Å²) in [7, 11) is 0. The highest BCUT2D eigenvalue weighted by atomic mass is 16.5. The fourth-order valence-electron chi connectivity index (χ4n) is 2.29. The van der Waals surface area contributed by atoms with Gasteiger partial charge in [0.15, 0.2) is 0 Å². The SMILES string of the molecule is CCCNC(CCC)CCc1cncc(OCCC)c1. The molecule has 0 radical (unpaired) electrons. The minimum absolute atomic E-state index is 0.625. The number of ether oxygens (including phenoxy) is 1. The molecule has 0 aliphatic carbocycles. The quantitative estimate of drug-likeness (QED) is 0.665. The van der Waals surface area contributed by atoms with Gasteiger partial charge in [0.1, 0.15) is 5.75 Å². The molecule has 1 N–H and O–H groups in total. The van der Waals surface area contributed by atoms with E-state index in [2.05, 4.69) is 37.1 Å². The van der Waals surface area contributed by atoms with Crippen LogP contribution < -0.4 is 10.1 Å². The summed E-state index contributed by atoms with van der Waals surface area (Å²) in [6.07, 6.45) is 10.7. The third-order valence-electron chi connectivity index (χ3n) is 3.34. The second-order valence-electron chi connectivity index (χ2n) is 5.36. The Morgan fingerprint density at radius 1 is 1.10 bits per heavy atom. The molecule has 0 aliphatic rings. The molecule has 3 heteroatoms. The monoisotopic (exact) mass is 278 g/mol. The van der Waals surface area contributed by atoms with E-state index in [1.807, 2.05) is 6.20 Å². The average Bonchev–Trinajstić information content (AvgIpc) is 2.48. The molecule has 0 aliphatic heterocycles. The zero-order valence-corrected chi connectivity index (χ0v) is 13.3. The molecule has 1 atom stereocenters. The summed E-state index contributed by atoms with van der Waals surface area (Å²) < 4.78 is 5.64. The smallest absolute Gasteiger partial charge is 0.137 e. The molecule has 0 aromatic carbocycles. The first-order chi connectivity index (χ1) is 9.80. The number of pyridine rings is 1. The predicted molar refractivity (Wildman–Crippen MR) is 85.3 cm³/mol. The Kier molecular flexibility index (Phi) is 9.05. The summed E-state index contributed by atoms with van der Waals surface area (Å²) in [5, 5.41) is 3.64. The van der Waals surface area contributed by atoms with Crippen molar-refractivity contribution in [2.75, 3.05) is 13.2 Å². The van der Waals surface area contributed by atoms with Crippen LogP contribution in [-0.4, -0.2) is 24.2 Å². The first-order valence-electron chi connectivity index (χ1n) is 8.10. The standard InChI is InChI=1S/C17H30N2O/c1-4-7-16(19-10-5-2)9-8-15-12-17(14-18-13-15)20-11-6-3/h12-14,16,19H,4-11H2,1-3H3. The Hall–Kier alpha value is -1.09. The Morgan fingerprint density at radius 3 is 2.65 bits per heavy atom. The van der Waals surface area contributed by atoms with Gasteiger partial charge >= 0.3 is 0 Å². The van der Waals surface area contributed by atoms with Crippen molar-refractivity contribution in [2.45, 2.75) is 65.3 Å². The first kappa shape index (κ1) is 17.0. The minimum atomic E-state index is 0.625. The summed E-state index contributed by atoms with van der Waals surface area (Å²) in [6.45, 7) is 8.46. The molecule has 1 unspecified atom stereocenters. The van der Waals surface area contributed by atoms with Gasteiger partial charge in [-0.1, -0.05) is 27.2 Å². The lowest BCUT2D eigenvalue weighted by Gasteiger charge is -2.17. The molecule has 0 bridgehead atoms. The van der Waals surface area contributed by atoms with Gasteiger partial charge < -0.3 is 10.1 Å². The van der Waals surface area contributed by atoms with Gasteiger partial charge in [-0.2, -0.15) is 0 Å². The van der Waals surface area contributed by atoms with Gasteiger partial charge in [-0.3, -0.25) is 4.98 Å². The maximum Gasteiger partial charge on any atom is 0.137 e. The van der Waals surface area contributed by atoms with Gasteiger partial charge in [0, 0.05) is 12.2 Å². The molecular weight excluding hydrogens is 248 g/mol. The Morgan fingerprint density at radius 2 is 1.95 bits per heavy atom. The van der Waals surface area contributed by atoms with Gasteiger partial charge in [-0.15, -0.1) is 0 Å². The number of hydrogen-bond donors (Lipinski definition) is 1. The van der Waals surface area contributed by atoms with Gasteiger partial charge in [0.2, 0.25) is 0 Å². The van der Waals surface area contributed by atoms with E-state index in [0.29, 0.717) is 6.04 Å². The molecule has 0 spiro atoms. The largest absolute Gasteiger partial charge is 0.492 e. The van der Waals surface area contributed by atoms with E-state index in [9.17, 15) is 0 Å². The van der Waals surface area contributed by atoms with Crippen molar-refractivity contribution < 1.29 is 4.74 Å². The maximum absolute atomic E-state index is 5.64. The normalized spacial score (nSPS) is 12.3. The van der Waals surface area contributed by atoms with Crippen LogP contribution in [0.5, 0.6) is 5.75 Å². The van der Waals surface area contributed by atoms with Crippen molar-refractivity contribution >= 4 is 0 Å². The lowest BCUT2D eigenvalue weighted by atomic mass is 10.0. The molecule has 0 saturated heterocycles. The summed E-state index contributed by atoms with van der Waals surface area (Å²) >= 11 is 0. The van der Waals surface area contributed by atoms with Crippen molar-refractivity contribution in [1.82, 2.24) is 10.3 Å². The molecule has 0 fully saturated rings. The zero-order chi connectivity index (χ0) is 14.6. The summed E-state index contributed by atoms with van der Waals surface area (Å²) in [6, 6.07) is 2.76. The van der Waals surface area contributed by atoms with Gasteiger partial charge in [0.25, 0.3) is 0 Å². The van der Waals surface area contributed by atoms with Crippen LogP contribution in [0.25, 0.3) is 0 Å². The summed E-state index contributed by atoms with van der Waals surface area (Å²) in [5.41, 5.74) is 1.28. The van der Waals surface area contributed by atoms with Crippen molar-refractivity contribution in [3.63, 3.8) is 0 Å². The molecule has 20 heavy (non-hydrogen) atoms. The third kappa shape index (κ3) is 6.90. The van der Waals surface area contributed by atoms with Crippen LogP contribution in [0, 0.1) is 0 Å². The van der Waals surface area contributed by atoms with E-state index in [1.165, 1.54) is 31.2 Å². The fourth-order valence-corrected chi connectivity index (χ4v) is 2.29. The highest BCUT2D eigenvalue weighted by Crippen LogP contribution is 2.14. The Balaban J connectivity index is 2.45. The molecule has 114 valence electrons. The first-order valence-corrected chi connectivity index (χ1v) is 8.10. The van der Waals surface area contributed by atoms with Gasteiger partial charge in [-0.25, -0.2) is 0 Å². The molecule has 0 saturated carbocycles. The molecule has 3 nitrogen and oxygen atoms in total. The van der Waals surface area contributed by atoms with Crippen molar-refractivity contribution in [1.29, 1.82) is 0 Å². The van der Waals surface area contributed by atoms with Crippen LogP contribution in [0.1, 0.15) is 58.4 Å². The number of hydrogen-bond acceptors (Lipinski definition) is 3. The third-order valence-corrected chi connectivity index (χ3v) is 3.34. The van der Waals surface area contributed by atoms with E-state index >= 15 is 0 Å². The second-order valence-corrected chi connectivity index (χ2v) is 5.36. The van der Waals surface area contributed by atoms with Crippen molar-refractivity contribution in [2.24, 2.45) is 0 Å². The second kappa shape index (κ2) is 10.7. The molecule has 1 aromatic rings. The van der Waals surface area contributed by atoms with Crippen LogP contribution in [0.4, 0.5) is 0 Å². The molecule has 1 aromatic heterocycles. The molecular formula is C17H30N2O. The Bertz CT molecular complexity index is 355. The molecule has 0 amide bonds. The fraction of sp³-hybridized carbons (Fsp3) is 0.706. The number of rotatable bonds is 11. The zero-order valence-electron chi connectivity index (χ0n) is 13.3. The van der Waals surface area contributed by atoms with Crippen LogP contribution in [0.2, 0.25) is 0 Å². The van der Waals surface area contributed by atoms with Crippen molar-refractivity contribution in [3.05, 3.63) is 24.0 Å². The van der Waals surface area contributed by atoms with E-state index < -0.39 is 0 Å².